The molecule has 5 nitrogen and oxygen atoms in total. The summed E-state index contributed by atoms with van der Waals surface area (Å²) in [5.41, 5.74) is 1.61. The Morgan fingerprint density at radius 3 is 2.72 bits per heavy atom. The summed E-state index contributed by atoms with van der Waals surface area (Å²) in [4.78, 5) is 9.02. The van der Waals surface area contributed by atoms with Crippen molar-refractivity contribution in [3.63, 3.8) is 0 Å². The Hall–Kier alpha value is -1.64. The van der Waals surface area contributed by atoms with Crippen LogP contribution >= 0.6 is 24.0 Å². The van der Waals surface area contributed by atoms with Crippen LogP contribution in [0.25, 0.3) is 11.5 Å². The number of aromatic nitrogens is 1. The minimum absolute atomic E-state index is 0. The molecule has 0 spiro atoms. The van der Waals surface area contributed by atoms with Crippen LogP contribution in [0, 0.1) is 11.7 Å². The second-order valence-corrected chi connectivity index (χ2v) is 6.13. The van der Waals surface area contributed by atoms with E-state index >= 15 is 0 Å². The van der Waals surface area contributed by atoms with Crippen molar-refractivity contribution in [2.24, 2.45) is 10.9 Å². The van der Waals surface area contributed by atoms with Gasteiger partial charge in [-0.1, -0.05) is 6.92 Å². The average Bonchev–Trinajstić information content (AvgIpc) is 3.07. The number of aliphatic imine (C=N–C) groups is 1. The molecule has 2 aromatic rings. The van der Waals surface area contributed by atoms with E-state index in [1.165, 1.54) is 18.6 Å². The van der Waals surface area contributed by atoms with Crippen LogP contribution in [0.15, 0.2) is 39.9 Å². The van der Waals surface area contributed by atoms with Crippen LogP contribution < -0.4 is 10.6 Å². The summed E-state index contributed by atoms with van der Waals surface area (Å²) in [6.07, 6.45) is 3.54. The largest absolute Gasteiger partial charge is 0.444 e. The number of hydrogen-bond acceptors (Lipinski definition) is 3. The number of benzene rings is 1. The fourth-order valence-corrected chi connectivity index (χ4v) is 2.45. The standard InChI is InChI=1S/C18H23FN4O.HI/c1-3-20-18(23-16-10-12(16)2)21-9-8-15-11-24-17(22-15)13-4-6-14(19)7-5-13;/h4-7,11-12,16H,3,8-10H2,1-2H3,(H2,20,21,23);1H. The van der Waals surface area contributed by atoms with Crippen LogP contribution in [0.4, 0.5) is 4.39 Å². The Morgan fingerprint density at radius 1 is 1.36 bits per heavy atom. The third-order valence-corrected chi connectivity index (χ3v) is 4.06. The molecule has 1 heterocycles. The van der Waals surface area contributed by atoms with Crippen LogP contribution in [-0.2, 0) is 6.42 Å². The molecule has 25 heavy (non-hydrogen) atoms. The van der Waals surface area contributed by atoms with E-state index in [0.717, 1.165) is 29.7 Å². The monoisotopic (exact) mass is 458 g/mol. The highest BCUT2D eigenvalue weighted by molar-refractivity contribution is 14.0. The van der Waals surface area contributed by atoms with E-state index < -0.39 is 0 Å². The number of nitrogens with one attached hydrogen (secondary N) is 2. The molecule has 0 saturated heterocycles. The third kappa shape index (κ3) is 5.69. The second kappa shape index (κ2) is 9.17. The van der Waals surface area contributed by atoms with Gasteiger partial charge in [-0.15, -0.1) is 24.0 Å². The van der Waals surface area contributed by atoms with Gasteiger partial charge in [0.2, 0.25) is 5.89 Å². The van der Waals surface area contributed by atoms with Crippen molar-refractivity contribution in [3.05, 3.63) is 42.0 Å². The molecule has 0 aliphatic heterocycles. The maximum atomic E-state index is 13.0. The van der Waals surface area contributed by atoms with Crippen molar-refractivity contribution in [3.8, 4) is 11.5 Å². The zero-order valence-corrected chi connectivity index (χ0v) is 16.8. The van der Waals surface area contributed by atoms with Gasteiger partial charge in [0.1, 0.15) is 12.1 Å². The number of hydrogen-bond donors (Lipinski definition) is 2. The molecule has 1 aromatic heterocycles. The lowest BCUT2D eigenvalue weighted by Gasteiger charge is -2.10. The summed E-state index contributed by atoms with van der Waals surface area (Å²) in [6, 6.07) is 6.66. The van der Waals surface area contributed by atoms with Gasteiger partial charge in [-0.3, -0.25) is 4.99 Å². The molecule has 2 atom stereocenters. The molecule has 136 valence electrons. The summed E-state index contributed by atoms with van der Waals surface area (Å²) in [6.45, 7) is 5.76. The molecular formula is C18H24FIN4O. The smallest absolute Gasteiger partial charge is 0.226 e. The lowest BCUT2D eigenvalue weighted by Crippen LogP contribution is -2.39. The summed E-state index contributed by atoms with van der Waals surface area (Å²) in [5, 5.41) is 6.68. The first-order chi connectivity index (χ1) is 11.7. The highest BCUT2D eigenvalue weighted by Crippen LogP contribution is 2.28. The topological polar surface area (TPSA) is 62.5 Å². The van der Waals surface area contributed by atoms with Gasteiger partial charge in [0.15, 0.2) is 5.96 Å². The lowest BCUT2D eigenvalue weighted by molar-refractivity contribution is 0.572. The molecule has 1 saturated carbocycles. The van der Waals surface area contributed by atoms with Crippen LogP contribution in [0.5, 0.6) is 0 Å². The number of nitrogens with zero attached hydrogens (tertiary/aromatic N) is 2. The molecule has 1 aliphatic rings. The van der Waals surface area contributed by atoms with E-state index in [0.29, 0.717) is 24.9 Å². The van der Waals surface area contributed by atoms with Gasteiger partial charge in [-0.25, -0.2) is 9.37 Å². The number of guanidine groups is 1. The fourth-order valence-electron chi connectivity index (χ4n) is 2.45. The summed E-state index contributed by atoms with van der Waals surface area (Å²) < 4.78 is 18.4. The molecule has 1 aromatic carbocycles. The third-order valence-electron chi connectivity index (χ3n) is 4.06. The van der Waals surface area contributed by atoms with E-state index in [4.69, 9.17) is 4.42 Å². The Labute approximate surface area is 164 Å². The molecule has 0 radical (unpaired) electrons. The van der Waals surface area contributed by atoms with E-state index in [2.05, 4.69) is 34.5 Å². The normalized spacial score (nSPS) is 19.2. The Balaban J connectivity index is 0.00000225. The minimum Gasteiger partial charge on any atom is -0.444 e. The summed E-state index contributed by atoms with van der Waals surface area (Å²) in [7, 11) is 0. The quantitative estimate of drug-likeness (QED) is 0.395. The van der Waals surface area contributed by atoms with E-state index in [-0.39, 0.29) is 29.8 Å². The molecular weight excluding hydrogens is 434 g/mol. The van der Waals surface area contributed by atoms with Gasteiger partial charge < -0.3 is 15.1 Å². The van der Waals surface area contributed by atoms with Crippen LogP contribution in [0.2, 0.25) is 0 Å². The molecule has 1 fully saturated rings. The van der Waals surface area contributed by atoms with Gasteiger partial charge in [-0.2, -0.15) is 0 Å². The SMILES string of the molecule is CCNC(=NCCc1coc(-c2ccc(F)cc2)n1)NC1CC1C.I. The molecule has 0 bridgehead atoms. The zero-order chi connectivity index (χ0) is 16.9. The van der Waals surface area contributed by atoms with Gasteiger partial charge in [-0.05, 0) is 43.5 Å². The Kier molecular flexibility index (Phi) is 7.22. The Morgan fingerprint density at radius 2 is 2.08 bits per heavy atom. The molecule has 3 rings (SSSR count). The zero-order valence-electron chi connectivity index (χ0n) is 14.5. The van der Waals surface area contributed by atoms with Crippen molar-refractivity contribution in [2.45, 2.75) is 32.7 Å². The number of halogens is 2. The average molecular weight is 458 g/mol. The molecule has 0 amide bonds. The van der Waals surface area contributed by atoms with Gasteiger partial charge >= 0.3 is 0 Å². The Bertz CT molecular complexity index is 701. The van der Waals surface area contributed by atoms with Crippen LogP contribution in [-0.4, -0.2) is 30.1 Å². The van der Waals surface area contributed by atoms with Crippen molar-refractivity contribution < 1.29 is 8.81 Å². The van der Waals surface area contributed by atoms with Gasteiger partial charge in [0.25, 0.3) is 0 Å². The van der Waals surface area contributed by atoms with Gasteiger partial charge in [0.05, 0.1) is 5.69 Å². The summed E-state index contributed by atoms with van der Waals surface area (Å²) in [5.74, 6) is 1.82. The minimum atomic E-state index is -0.270. The maximum absolute atomic E-state index is 13.0. The summed E-state index contributed by atoms with van der Waals surface area (Å²) >= 11 is 0. The van der Waals surface area contributed by atoms with E-state index in [1.807, 2.05) is 0 Å². The van der Waals surface area contributed by atoms with Crippen molar-refractivity contribution in [2.75, 3.05) is 13.1 Å². The second-order valence-electron chi connectivity index (χ2n) is 6.13. The molecule has 2 unspecified atom stereocenters. The van der Waals surface area contributed by atoms with Crippen LogP contribution in [0.3, 0.4) is 0 Å². The maximum Gasteiger partial charge on any atom is 0.226 e. The predicted octanol–water partition coefficient (Wildman–Crippen LogP) is 3.60. The number of rotatable bonds is 6. The first-order valence-corrected chi connectivity index (χ1v) is 8.41. The van der Waals surface area contributed by atoms with Crippen LogP contribution in [0.1, 0.15) is 26.0 Å². The number of oxazole rings is 1. The van der Waals surface area contributed by atoms with E-state index in [1.54, 1.807) is 18.4 Å². The fraction of sp³-hybridized carbons (Fsp3) is 0.444. The highest BCUT2D eigenvalue weighted by atomic mass is 127. The predicted molar refractivity (Wildman–Crippen MR) is 108 cm³/mol. The molecule has 1 aliphatic carbocycles. The highest BCUT2D eigenvalue weighted by Gasteiger charge is 2.33. The molecule has 7 heteroatoms. The first kappa shape index (κ1) is 19.7. The van der Waals surface area contributed by atoms with Gasteiger partial charge in [0, 0.05) is 31.1 Å². The molecule has 2 N–H and O–H groups in total. The van der Waals surface area contributed by atoms with Crippen molar-refractivity contribution >= 4 is 29.9 Å². The van der Waals surface area contributed by atoms with Crippen molar-refractivity contribution in [1.82, 2.24) is 15.6 Å². The van der Waals surface area contributed by atoms with Crippen molar-refractivity contribution in [1.29, 1.82) is 0 Å². The first-order valence-electron chi connectivity index (χ1n) is 8.41. The lowest BCUT2D eigenvalue weighted by atomic mass is 10.2. The van der Waals surface area contributed by atoms with E-state index in [9.17, 15) is 4.39 Å².